The second-order valence-electron chi connectivity index (χ2n) is 3.49. The van der Waals surface area contributed by atoms with E-state index in [9.17, 15) is 0 Å². The van der Waals surface area contributed by atoms with Crippen molar-refractivity contribution < 1.29 is 118 Å². The maximum atomic E-state index is 8.33. The van der Waals surface area contributed by atoms with Crippen molar-refractivity contribution in [3.63, 3.8) is 0 Å². The van der Waals surface area contributed by atoms with E-state index in [1.165, 1.54) is 11.1 Å². The van der Waals surface area contributed by atoms with Crippen molar-refractivity contribution in [3.05, 3.63) is 71.8 Å². The fraction of sp³-hybridized carbons (Fsp3) is 0.133. The van der Waals surface area contributed by atoms with Gasteiger partial charge in [-0.3, -0.25) is 0 Å². The molecule has 0 unspecified atom stereocenters. The number of rotatable bonds is 2. The molecule has 7 heteroatoms. The van der Waals surface area contributed by atoms with Gasteiger partial charge in [-0.1, -0.05) is 92.5 Å². The molecular formula is C15H14Br2K2O3. The van der Waals surface area contributed by atoms with Crippen molar-refractivity contribution in [1.29, 1.82) is 0 Å². The first-order chi connectivity index (χ1) is 9.60. The summed E-state index contributed by atoms with van der Waals surface area (Å²) in [7, 11) is 0. The second kappa shape index (κ2) is 21.0. The summed E-state index contributed by atoms with van der Waals surface area (Å²) < 4.78 is 0. The van der Waals surface area contributed by atoms with Gasteiger partial charge in [0, 0.05) is 10.7 Å². The topological polar surface area (TPSA) is 63.2 Å². The van der Waals surface area contributed by atoms with Gasteiger partial charge in [-0.2, -0.15) is 0 Å². The van der Waals surface area contributed by atoms with Crippen LogP contribution in [0, 0.1) is 0 Å². The normalized spacial score (nSPS) is 7.73. The van der Waals surface area contributed by atoms with Crippen LogP contribution in [0.15, 0.2) is 60.7 Å². The number of alkyl halides is 2. The summed E-state index contributed by atoms with van der Waals surface area (Å²) in [6.45, 7) is 0. The maximum Gasteiger partial charge on any atom is 1.00 e. The van der Waals surface area contributed by atoms with Gasteiger partial charge in [-0.25, -0.2) is 0 Å². The van der Waals surface area contributed by atoms with E-state index in [4.69, 9.17) is 15.0 Å². The van der Waals surface area contributed by atoms with Crippen LogP contribution in [0.25, 0.3) is 0 Å². The molecule has 0 aliphatic heterocycles. The van der Waals surface area contributed by atoms with Crippen molar-refractivity contribution in [3.8, 4) is 0 Å². The molecule has 0 spiro atoms. The third-order valence-electron chi connectivity index (χ3n) is 1.99. The summed E-state index contributed by atoms with van der Waals surface area (Å²) in [6, 6.07) is 20.6. The summed E-state index contributed by atoms with van der Waals surface area (Å²) in [4.78, 5) is 8.33. The van der Waals surface area contributed by atoms with Gasteiger partial charge in [0.2, 0.25) is 0 Å². The maximum absolute atomic E-state index is 8.33. The molecule has 2 rings (SSSR count). The van der Waals surface area contributed by atoms with Crippen LogP contribution in [0.2, 0.25) is 0 Å². The minimum absolute atomic E-state index is 0. The summed E-state index contributed by atoms with van der Waals surface area (Å²) in [6.07, 6.45) is -2.33. The standard InChI is InChI=1S/2C7H7Br.CH2O3.2K/c2*8-6-7-4-2-1-3-5-7;2-1(3)4;;/h2*1-5H,6H2;(H2,2,3,4);;/q;;;2*+1/p-2. The summed E-state index contributed by atoms with van der Waals surface area (Å²) in [5.74, 6) is 0. The van der Waals surface area contributed by atoms with Crippen LogP contribution in [-0.2, 0) is 10.7 Å². The Labute approximate surface area is 233 Å². The Bertz CT molecular complexity index is 427. The Morgan fingerprint density at radius 2 is 0.955 bits per heavy atom. The molecule has 0 aliphatic rings. The van der Waals surface area contributed by atoms with Gasteiger partial charge in [-0.15, -0.1) is 0 Å². The third-order valence-corrected chi connectivity index (χ3v) is 3.29. The predicted octanol–water partition coefficient (Wildman–Crippen LogP) is -3.28. The van der Waals surface area contributed by atoms with Crippen molar-refractivity contribution in [2.24, 2.45) is 0 Å². The van der Waals surface area contributed by atoms with Crippen molar-refractivity contribution in [1.82, 2.24) is 0 Å². The van der Waals surface area contributed by atoms with Gasteiger partial charge < -0.3 is 15.0 Å². The molecule has 0 atom stereocenters. The molecule has 3 nitrogen and oxygen atoms in total. The number of carbonyl (C=O) groups excluding carboxylic acids is 1. The largest absolute Gasteiger partial charge is 1.00 e. The van der Waals surface area contributed by atoms with Crippen LogP contribution >= 0.6 is 31.9 Å². The molecule has 0 radical (unpaired) electrons. The van der Waals surface area contributed by atoms with Crippen molar-refractivity contribution >= 4 is 38.0 Å². The van der Waals surface area contributed by atoms with Crippen LogP contribution in [-0.4, -0.2) is 6.16 Å². The fourth-order valence-electron chi connectivity index (χ4n) is 1.13. The zero-order valence-corrected chi connectivity index (χ0v) is 22.1. The molecule has 22 heavy (non-hydrogen) atoms. The molecular weight excluding hydrogens is 466 g/mol. The quantitative estimate of drug-likeness (QED) is 0.335. The molecule has 108 valence electrons. The second-order valence-corrected chi connectivity index (χ2v) is 4.61. The van der Waals surface area contributed by atoms with Crippen LogP contribution in [0.4, 0.5) is 4.79 Å². The molecule has 0 N–H and O–H groups in total. The van der Waals surface area contributed by atoms with Crippen LogP contribution in [0.5, 0.6) is 0 Å². The Morgan fingerprint density at radius 3 is 1.09 bits per heavy atom. The fourth-order valence-corrected chi connectivity index (χ4v) is 1.88. The Morgan fingerprint density at radius 1 is 0.727 bits per heavy atom. The van der Waals surface area contributed by atoms with E-state index >= 15 is 0 Å². The van der Waals surface area contributed by atoms with Crippen LogP contribution in [0.3, 0.4) is 0 Å². The molecule has 0 saturated heterocycles. The first kappa shape index (κ1) is 28.7. The Balaban J connectivity index is -0.000000249. The minimum Gasteiger partial charge on any atom is -0.652 e. The smallest absolute Gasteiger partial charge is 0.652 e. The van der Waals surface area contributed by atoms with Gasteiger partial charge in [0.15, 0.2) is 0 Å². The number of hydrogen-bond donors (Lipinski definition) is 0. The number of benzene rings is 2. The monoisotopic (exact) mass is 478 g/mol. The Kier molecular flexibility index (Phi) is 27.4. The molecule has 0 saturated carbocycles. The number of halogens is 2. The average Bonchev–Trinajstić information content (AvgIpc) is 2.49. The van der Waals surface area contributed by atoms with E-state index in [2.05, 4.69) is 56.1 Å². The van der Waals surface area contributed by atoms with E-state index in [0.29, 0.717) is 0 Å². The van der Waals surface area contributed by atoms with Crippen LogP contribution < -0.4 is 113 Å². The van der Waals surface area contributed by atoms with Crippen LogP contribution in [0.1, 0.15) is 11.1 Å². The number of carbonyl (C=O) groups is 1. The minimum atomic E-state index is -2.33. The first-order valence-electron chi connectivity index (χ1n) is 5.68. The van der Waals surface area contributed by atoms with E-state index in [0.717, 1.165) is 10.7 Å². The number of hydrogen-bond acceptors (Lipinski definition) is 3. The molecule has 0 aliphatic carbocycles. The van der Waals surface area contributed by atoms with E-state index < -0.39 is 6.16 Å². The summed E-state index contributed by atoms with van der Waals surface area (Å²) in [5, 5.41) is 18.6. The first-order valence-corrected chi connectivity index (χ1v) is 7.92. The molecule has 0 aromatic heterocycles. The Hall–Kier alpha value is 1.94. The molecule has 0 bridgehead atoms. The molecule has 2 aromatic rings. The predicted molar refractivity (Wildman–Crippen MR) is 83.5 cm³/mol. The van der Waals surface area contributed by atoms with Crippen molar-refractivity contribution in [2.45, 2.75) is 10.7 Å². The van der Waals surface area contributed by atoms with Gasteiger partial charge >= 0.3 is 103 Å². The molecule has 2 aromatic carbocycles. The van der Waals surface area contributed by atoms with Gasteiger partial charge in [0.05, 0.1) is 0 Å². The molecule has 0 amide bonds. The SMILES string of the molecule is BrCc1ccccc1.BrCc1ccccc1.O=C([O-])[O-].[K+].[K+]. The molecule has 0 fully saturated rings. The van der Waals surface area contributed by atoms with Gasteiger partial charge in [0.25, 0.3) is 0 Å². The summed E-state index contributed by atoms with van der Waals surface area (Å²) >= 11 is 6.71. The zero-order valence-electron chi connectivity index (χ0n) is 12.7. The van der Waals surface area contributed by atoms with E-state index in [1.807, 2.05) is 36.4 Å². The van der Waals surface area contributed by atoms with Gasteiger partial charge in [-0.05, 0) is 17.3 Å². The van der Waals surface area contributed by atoms with E-state index in [-0.39, 0.29) is 103 Å². The average molecular weight is 480 g/mol. The van der Waals surface area contributed by atoms with Crippen molar-refractivity contribution in [2.75, 3.05) is 0 Å². The number of carboxylic acid groups (broad SMARTS) is 2. The zero-order chi connectivity index (χ0) is 15.2. The van der Waals surface area contributed by atoms with E-state index in [1.54, 1.807) is 0 Å². The van der Waals surface area contributed by atoms with Gasteiger partial charge in [0.1, 0.15) is 0 Å². The molecule has 0 heterocycles. The third kappa shape index (κ3) is 20.0. The summed E-state index contributed by atoms with van der Waals surface area (Å²) in [5.41, 5.74) is 2.65.